The van der Waals surface area contributed by atoms with Crippen LogP contribution in [0, 0.1) is 0 Å². The van der Waals surface area contributed by atoms with Crippen LogP contribution in [0.25, 0.3) is 0 Å². The van der Waals surface area contributed by atoms with E-state index >= 15 is 0 Å². The molecule has 1 fully saturated rings. The summed E-state index contributed by atoms with van der Waals surface area (Å²) >= 11 is 0. The van der Waals surface area contributed by atoms with Crippen LogP contribution in [0.5, 0.6) is 0 Å². The molecular formula is C17H24N2O4. The van der Waals surface area contributed by atoms with Crippen molar-refractivity contribution in [3.05, 3.63) is 29.3 Å². The third kappa shape index (κ3) is 3.76. The number of fused-ring (bicyclic) bond motifs is 4. The lowest BCUT2D eigenvalue weighted by Gasteiger charge is -2.40. The number of aliphatic hydroxyl groups excluding tert-OH is 1. The monoisotopic (exact) mass is 320 g/mol. The highest BCUT2D eigenvalue weighted by molar-refractivity contribution is 5.67. The predicted molar refractivity (Wildman–Crippen MR) is 86.2 cm³/mol. The molecule has 3 rings (SSSR count). The van der Waals surface area contributed by atoms with Gasteiger partial charge in [0.1, 0.15) is 5.60 Å². The van der Waals surface area contributed by atoms with Crippen LogP contribution >= 0.6 is 0 Å². The average molecular weight is 320 g/mol. The fourth-order valence-corrected chi connectivity index (χ4v) is 2.97. The lowest BCUT2D eigenvalue weighted by molar-refractivity contribution is -0.0672. The molecule has 1 amide bonds. The molecule has 3 N–H and O–H groups in total. The second-order valence-electron chi connectivity index (χ2n) is 7.15. The zero-order valence-electron chi connectivity index (χ0n) is 13.8. The normalized spacial score (nSPS) is 26.0. The van der Waals surface area contributed by atoms with E-state index in [9.17, 15) is 9.90 Å². The largest absolute Gasteiger partial charge is 0.444 e. The summed E-state index contributed by atoms with van der Waals surface area (Å²) in [7, 11) is 0. The van der Waals surface area contributed by atoms with Gasteiger partial charge in [0.15, 0.2) is 0 Å². The molecule has 1 aromatic carbocycles. The lowest BCUT2D eigenvalue weighted by atomic mass is 9.89. The Morgan fingerprint density at radius 1 is 1.48 bits per heavy atom. The first-order valence-electron chi connectivity index (χ1n) is 7.98. The van der Waals surface area contributed by atoms with Crippen LogP contribution in [0.3, 0.4) is 0 Å². The van der Waals surface area contributed by atoms with Crippen LogP contribution in [0.15, 0.2) is 18.2 Å². The number of carbonyl (C=O) groups is 1. The molecule has 6 nitrogen and oxygen atoms in total. The molecule has 1 aromatic rings. The molecule has 0 aliphatic carbocycles. The summed E-state index contributed by atoms with van der Waals surface area (Å²) < 4.78 is 11.0. The topological polar surface area (TPSA) is 79.8 Å². The van der Waals surface area contributed by atoms with Crippen LogP contribution in [0.4, 0.5) is 10.5 Å². The Morgan fingerprint density at radius 3 is 3.00 bits per heavy atom. The Morgan fingerprint density at radius 2 is 2.26 bits per heavy atom. The summed E-state index contributed by atoms with van der Waals surface area (Å²) in [6.45, 7) is 6.26. The van der Waals surface area contributed by atoms with Crippen LogP contribution < -0.4 is 10.6 Å². The van der Waals surface area contributed by atoms with Crippen molar-refractivity contribution in [2.75, 3.05) is 11.9 Å². The molecule has 0 aromatic heterocycles. The number of amides is 1. The quantitative estimate of drug-likeness (QED) is 0.779. The van der Waals surface area contributed by atoms with E-state index in [1.165, 1.54) is 0 Å². The third-order valence-corrected chi connectivity index (χ3v) is 4.04. The van der Waals surface area contributed by atoms with Crippen LogP contribution in [0.2, 0.25) is 0 Å². The highest BCUT2D eigenvalue weighted by atomic mass is 16.6. The van der Waals surface area contributed by atoms with Gasteiger partial charge < -0.3 is 25.2 Å². The van der Waals surface area contributed by atoms with E-state index in [0.717, 1.165) is 23.2 Å². The molecule has 126 valence electrons. The first kappa shape index (κ1) is 16.1. The van der Waals surface area contributed by atoms with E-state index in [2.05, 4.69) is 10.6 Å². The van der Waals surface area contributed by atoms with Gasteiger partial charge in [0.05, 0.1) is 24.9 Å². The average Bonchev–Trinajstić information content (AvgIpc) is 2.47. The third-order valence-electron chi connectivity index (χ3n) is 4.04. The minimum absolute atomic E-state index is 0.00104. The van der Waals surface area contributed by atoms with Crippen molar-refractivity contribution in [1.29, 1.82) is 0 Å². The van der Waals surface area contributed by atoms with Gasteiger partial charge in [0, 0.05) is 24.2 Å². The van der Waals surface area contributed by atoms with Gasteiger partial charge in [-0.2, -0.15) is 0 Å². The summed E-state index contributed by atoms with van der Waals surface area (Å²) in [5.41, 5.74) is 2.56. The molecule has 23 heavy (non-hydrogen) atoms. The first-order valence-corrected chi connectivity index (χ1v) is 7.98. The highest BCUT2D eigenvalue weighted by Crippen LogP contribution is 2.39. The number of benzene rings is 1. The van der Waals surface area contributed by atoms with Crippen molar-refractivity contribution < 1.29 is 19.4 Å². The van der Waals surface area contributed by atoms with Gasteiger partial charge in [-0.1, -0.05) is 6.07 Å². The Balaban J connectivity index is 1.66. The smallest absolute Gasteiger partial charge is 0.407 e. The van der Waals surface area contributed by atoms with Gasteiger partial charge >= 0.3 is 6.09 Å². The fraction of sp³-hybridized carbons (Fsp3) is 0.588. The molecule has 6 heteroatoms. The van der Waals surface area contributed by atoms with Gasteiger partial charge in [0.2, 0.25) is 0 Å². The van der Waals surface area contributed by atoms with Gasteiger partial charge in [-0.15, -0.1) is 0 Å². The second kappa shape index (κ2) is 6.02. The van der Waals surface area contributed by atoms with Crippen molar-refractivity contribution in [1.82, 2.24) is 5.32 Å². The van der Waals surface area contributed by atoms with Gasteiger partial charge in [-0.25, -0.2) is 4.79 Å². The number of hydrogen-bond donors (Lipinski definition) is 3. The van der Waals surface area contributed by atoms with Crippen molar-refractivity contribution in [3.63, 3.8) is 0 Å². The molecule has 0 saturated carbocycles. The Labute approximate surface area is 136 Å². The Bertz CT molecular complexity index is 597. The molecule has 2 bridgehead atoms. The first-order chi connectivity index (χ1) is 10.8. The highest BCUT2D eigenvalue weighted by Gasteiger charge is 2.36. The summed E-state index contributed by atoms with van der Waals surface area (Å²) in [5.74, 6) is 0. The van der Waals surface area contributed by atoms with E-state index < -0.39 is 17.8 Å². The summed E-state index contributed by atoms with van der Waals surface area (Å²) in [6.07, 6.45) is -0.128. The van der Waals surface area contributed by atoms with Crippen molar-refractivity contribution in [2.24, 2.45) is 0 Å². The SMILES string of the molecule is CC(C)(C)OC(=O)NCc1ccc2c(c1)[C@H]1CC(N2)[C@H](O)CO1. The van der Waals surface area contributed by atoms with E-state index in [1.54, 1.807) is 0 Å². The minimum Gasteiger partial charge on any atom is -0.444 e. The number of alkyl carbamates (subject to hydrolysis) is 1. The zero-order valence-corrected chi connectivity index (χ0v) is 13.8. The molecule has 0 radical (unpaired) electrons. The molecular weight excluding hydrogens is 296 g/mol. The molecule has 2 heterocycles. The van der Waals surface area contributed by atoms with Crippen LogP contribution in [-0.4, -0.2) is 35.6 Å². The molecule has 2 aliphatic rings. The van der Waals surface area contributed by atoms with Crippen molar-refractivity contribution in [2.45, 2.75) is 57.6 Å². The fourth-order valence-electron chi connectivity index (χ4n) is 2.97. The van der Waals surface area contributed by atoms with E-state index in [0.29, 0.717) is 13.2 Å². The van der Waals surface area contributed by atoms with Gasteiger partial charge in [-0.3, -0.25) is 0 Å². The number of anilines is 1. The number of aliphatic hydroxyl groups is 1. The second-order valence-corrected chi connectivity index (χ2v) is 7.15. The maximum absolute atomic E-state index is 11.7. The molecule has 0 spiro atoms. The lowest BCUT2D eigenvalue weighted by Crippen LogP contribution is -2.46. The Hall–Kier alpha value is -1.79. The van der Waals surface area contributed by atoms with Crippen LogP contribution in [0.1, 0.15) is 44.4 Å². The number of rotatable bonds is 2. The molecule has 3 atom stereocenters. The summed E-state index contributed by atoms with van der Waals surface area (Å²) in [5, 5.41) is 16.0. The molecule has 1 unspecified atom stereocenters. The Kier molecular flexibility index (Phi) is 4.21. The van der Waals surface area contributed by atoms with Gasteiger partial charge in [-0.05, 0) is 38.5 Å². The maximum atomic E-state index is 11.7. The zero-order chi connectivity index (χ0) is 16.6. The predicted octanol–water partition coefficient (Wildman–Crippen LogP) is 2.33. The maximum Gasteiger partial charge on any atom is 0.407 e. The van der Waals surface area contributed by atoms with Crippen molar-refractivity contribution in [3.8, 4) is 0 Å². The van der Waals surface area contributed by atoms with E-state index in [4.69, 9.17) is 9.47 Å². The number of hydrogen-bond acceptors (Lipinski definition) is 5. The molecule has 1 saturated heterocycles. The summed E-state index contributed by atoms with van der Waals surface area (Å²) in [4.78, 5) is 11.7. The standard InChI is InChI=1S/C17H24N2O4/c1-17(2,3)23-16(21)18-8-10-4-5-12-11(6-10)15-7-13(19-12)14(20)9-22-15/h4-6,13-15,19-20H,7-9H2,1-3H3,(H,18,21)/t13?,14-,15-/m1/s1. The van der Waals surface area contributed by atoms with Crippen LogP contribution in [-0.2, 0) is 16.0 Å². The summed E-state index contributed by atoms with van der Waals surface area (Å²) in [6, 6.07) is 6.02. The number of ether oxygens (including phenoxy) is 2. The number of carbonyl (C=O) groups excluding carboxylic acids is 1. The number of nitrogens with one attached hydrogen (secondary N) is 2. The molecule has 2 aliphatic heterocycles. The van der Waals surface area contributed by atoms with E-state index in [1.807, 2.05) is 39.0 Å². The van der Waals surface area contributed by atoms with Crippen molar-refractivity contribution >= 4 is 11.8 Å². The van der Waals surface area contributed by atoms with E-state index in [-0.39, 0.29) is 12.1 Å². The van der Waals surface area contributed by atoms with Gasteiger partial charge in [0.25, 0.3) is 0 Å². The minimum atomic E-state index is -0.504.